The Balaban J connectivity index is 1.58. The van der Waals surface area contributed by atoms with Gasteiger partial charge in [-0.1, -0.05) is 30.3 Å². The number of β-amino-alcohol motifs (C(OH)–C–C–N with tert-alkyl or cyclic N) is 1. The number of amides is 1. The maximum Gasteiger partial charge on any atom is 0.251 e. The Morgan fingerprint density at radius 3 is 2.60 bits per heavy atom. The smallest absolute Gasteiger partial charge is 0.251 e. The minimum atomic E-state index is -0.361. The zero-order chi connectivity index (χ0) is 17.6. The normalized spacial score (nSPS) is 20.2. The molecule has 0 aromatic heterocycles. The quantitative estimate of drug-likeness (QED) is 0.875. The first kappa shape index (κ1) is 17.2. The molecule has 2 aromatic carbocycles. The van der Waals surface area contributed by atoms with Crippen molar-refractivity contribution in [3.05, 3.63) is 71.3 Å². The summed E-state index contributed by atoms with van der Waals surface area (Å²) in [4.78, 5) is 14.5. The number of benzene rings is 2. The van der Waals surface area contributed by atoms with Crippen LogP contribution < -0.4 is 5.32 Å². The fourth-order valence-electron chi connectivity index (χ4n) is 3.19. The molecule has 1 amide bonds. The van der Waals surface area contributed by atoms with Crippen molar-refractivity contribution >= 4 is 5.91 Å². The van der Waals surface area contributed by atoms with Gasteiger partial charge in [0.2, 0.25) is 0 Å². The highest BCUT2D eigenvalue weighted by Gasteiger charge is 2.30. The standard InChI is InChI=1S/C20H21N3O2/c21-11-15-6-8-17(9-7-15)20(25)22-12-18-10-19(24)14-23(18)13-16-4-2-1-3-5-16/h1-9,18-19,24H,10,12-14H2,(H,22,25)/t18-,19-/m0/s1. The molecule has 0 aliphatic carbocycles. The van der Waals surface area contributed by atoms with E-state index in [0.29, 0.717) is 30.6 Å². The Bertz CT molecular complexity index is 753. The van der Waals surface area contributed by atoms with Crippen molar-refractivity contribution in [2.24, 2.45) is 0 Å². The van der Waals surface area contributed by atoms with E-state index in [2.05, 4.69) is 22.3 Å². The van der Waals surface area contributed by atoms with Gasteiger partial charge in [-0.05, 0) is 36.2 Å². The fraction of sp³-hybridized carbons (Fsp3) is 0.300. The molecule has 25 heavy (non-hydrogen) atoms. The van der Waals surface area contributed by atoms with Crippen LogP contribution in [-0.4, -0.2) is 41.1 Å². The third-order valence-electron chi connectivity index (χ3n) is 4.51. The molecule has 5 nitrogen and oxygen atoms in total. The Kier molecular flexibility index (Phi) is 5.44. The van der Waals surface area contributed by atoms with Crippen LogP contribution in [0.15, 0.2) is 54.6 Å². The summed E-state index contributed by atoms with van der Waals surface area (Å²) in [7, 11) is 0. The van der Waals surface area contributed by atoms with E-state index in [-0.39, 0.29) is 18.1 Å². The lowest BCUT2D eigenvalue weighted by Crippen LogP contribution is -2.39. The molecule has 1 fully saturated rings. The second kappa shape index (κ2) is 7.93. The maximum atomic E-state index is 12.3. The second-order valence-corrected chi connectivity index (χ2v) is 6.36. The first-order valence-electron chi connectivity index (χ1n) is 8.40. The van der Waals surface area contributed by atoms with Crippen LogP contribution in [-0.2, 0) is 6.54 Å². The number of nitrogens with one attached hydrogen (secondary N) is 1. The molecule has 1 saturated heterocycles. The van der Waals surface area contributed by atoms with Gasteiger partial charge in [0.05, 0.1) is 17.7 Å². The molecule has 0 spiro atoms. The molecular weight excluding hydrogens is 314 g/mol. The Labute approximate surface area is 147 Å². The van der Waals surface area contributed by atoms with Crippen LogP contribution in [0.25, 0.3) is 0 Å². The highest BCUT2D eigenvalue weighted by atomic mass is 16.3. The average Bonchev–Trinajstić information content (AvgIpc) is 3.00. The van der Waals surface area contributed by atoms with Crippen LogP contribution in [0.5, 0.6) is 0 Å². The fourth-order valence-corrected chi connectivity index (χ4v) is 3.19. The van der Waals surface area contributed by atoms with Gasteiger partial charge in [-0.25, -0.2) is 0 Å². The summed E-state index contributed by atoms with van der Waals surface area (Å²) in [5, 5.41) is 21.8. The van der Waals surface area contributed by atoms with Gasteiger partial charge in [0.1, 0.15) is 0 Å². The lowest BCUT2D eigenvalue weighted by Gasteiger charge is -2.24. The lowest BCUT2D eigenvalue weighted by atomic mass is 10.1. The van der Waals surface area contributed by atoms with Gasteiger partial charge in [-0.2, -0.15) is 5.26 Å². The van der Waals surface area contributed by atoms with Crippen molar-refractivity contribution in [1.29, 1.82) is 5.26 Å². The second-order valence-electron chi connectivity index (χ2n) is 6.36. The van der Waals surface area contributed by atoms with Gasteiger partial charge < -0.3 is 10.4 Å². The van der Waals surface area contributed by atoms with Gasteiger partial charge in [0, 0.05) is 31.2 Å². The first-order valence-corrected chi connectivity index (χ1v) is 8.40. The molecule has 2 N–H and O–H groups in total. The molecule has 2 atom stereocenters. The molecule has 0 bridgehead atoms. The van der Waals surface area contributed by atoms with E-state index in [1.165, 1.54) is 5.56 Å². The first-order chi connectivity index (χ1) is 12.2. The van der Waals surface area contributed by atoms with E-state index in [0.717, 1.165) is 6.54 Å². The number of hydrogen-bond acceptors (Lipinski definition) is 4. The van der Waals surface area contributed by atoms with Crippen molar-refractivity contribution in [3.8, 4) is 6.07 Å². The van der Waals surface area contributed by atoms with E-state index in [4.69, 9.17) is 5.26 Å². The Morgan fingerprint density at radius 2 is 1.92 bits per heavy atom. The number of aliphatic hydroxyl groups is 1. The number of carbonyl (C=O) groups is 1. The van der Waals surface area contributed by atoms with Crippen LogP contribution in [0.3, 0.4) is 0 Å². The predicted octanol–water partition coefficient (Wildman–Crippen LogP) is 1.92. The third kappa shape index (κ3) is 4.44. The molecule has 128 valence electrons. The lowest BCUT2D eigenvalue weighted by molar-refractivity contribution is 0.0940. The molecule has 2 aromatic rings. The number of hydrogen-bond donors (Lipinski definition) is 2. The summed E-state index contributed by atoms with van der Waals surface area (Å²) in [6.45, 7) is 1.87. The van der Waals surface area contributed by atoms with Gasteiger partial charge in [0.15, 0.2) is 0 Å². The van der Waals surface area contributed by atoms with E-state index < -0.39 is 0 Å². The maximum absolute atomic E-state index is 12.3. The number of carbonyl (C=O) groups excluding carboxylic acids is 1. The molecule has 0 saturated carbocycles. The molecular formula is C20H21N3O2. The number of likely N-dealkylation sites (tertiary alicyclic amines) is 1. The summed E-state index contributed by atoms with van der Waals surface area (Å²) >= 11 is 0. The summed E-state index contributed by atoms with van der Waals surface area (Å²) < 4.78 is 0. The van der Waals surface area contributed by atoms with E-state index in [1.54, 1.807) is 24.3 Å². The van der Waals surface area contributed by atoms with Crippen LogP contribution in [0, 0.1) is 11.3 Å². The van der Waals surface area contributed by atoms with Crippen molar-refractivity contribution in [2.75, 3.05) is 13.1 Å². The van der Waals surface area contributed by atoms with E-state index in [9.17, 15) is 9.90 Å². The summed E-state index contributed by atoms with van der Waals surface area (Å²) in [5.41, 5.74) is 2.26. The van der Waals surface area contributed by atoms with E-state index >= 15 is 0 Å². The Morgan fingerprint density at radius 1 is 1.20 bits per heavy atom. The minimum Gasteiger partial charge on any atom is -0.392 e. The van der Waals surface area contributed by atoms with Gasteiger partial charge in [-0.15, -0.1) is 0 Å². The zero-order valence-electron chi connectivity index (χ0n) is 13.9. The summed E-state index contributed by atoms with van der Waals surface area (Å²) in [5.74, 6) is -0.162. The van der Waals surface area contributed by atoms with Gasteiger partial charge in [-0.3, -0.25) is 9.69 Å². The summed E-state index contributed by atoms with van der Waals surface area (Å²) in [6.07, 6.45) is 0.293. The average molecular weight is 335 g/mol. The largest absolute Gasteiger partial charge is 0.392 e. The third-order valence-corrected chi connectivity index (χ3v) is 4.51. The highest BCUT2D eigenvalue weighted by Crippen LogP contribution is 2.20. The van der Waals surface area contributed by atoms with Crippen LogP contribution in [0.1, 0.15) is 27.9 Å². The van der Waals surface area contributed by atoms with Gasteiger partial charge >= 0.3 is 0 Å². The number of aliphatic hydroxyl groups excluding tert-OH is 1. The molecule has 5 heteroatoms. The van der Waals surface area contributed by atoms with Crippen LogP contribution in [0.2, 0.25) is 0 Å². The van der Waals surface area contributed by atoms with Crippen molar-refractivity contribution in [1.82, 2.24) is 10.2 Å². The molecule has 1 aliphatic heterocycles. The van der Waals surface area contributed by atoms with E-state index in [1.807, 2.05) is 24.3 Å². The molecule has 1 heterocycles. The minimum absolute atomic E-state index is 0.109. The number of nitriles is 1. The number of nitrogens with zero attached hydrogens (tertiary/aromatic N) is 2. The Hall–Kier alpha value is -2.68. The molecule has 0 radical (unpaired) electrons. The van der Waals surface area contributed by atoms with Crippen molar-refractivity contribution in [3.63, 3.8) is 0 Å². The van der Waals surface area contributed by atoms with Crippen LogP contribution >= 0.6 is 0 Å². The predicted molar refractivity (Wildman–Crippen MR) is 94.8 cm³/mol. The topological polar surface area (TPSA) is 76.4 Å². The molecule has 1 aliphatic rings. The van der Waals surface area contributed by atoms with Crippen LogP contribution in [0.4, 0.5) is 0 Å². The highest BCUT2D eigenvalue weighted by molar-refractivity contribution is 5.94. The monoisotopic (exact) mass is 335 g/mol. The zero-order valence-corrected chi connectivity index (χ0v) is 13.9. The molecule has 3 rings (SSSR count). The van der Waals surface area contributed by atoms with Gasteiger partial charge in [0.25, 0.3) is 5.91 Å². The SMILES string of the molecule is N#Cc1ccc(C(=O)NC[C@@H]2C[C@H](O)CN2Cc2ccccc2)cc1. The number of rotatable bonds is 5. The van der Waals surface area contributed by atoms with Crippen molar-refractivity contribution in [2.45, 2.75) is 25.1 Å². The van der Waals surface area contributed by atoms with Crippen molar-refractivity contribution < 1.29 is 9.90 Å². The summed E-state index contributed by atoms with van der Waals surface area (Å²) in [6, 6.07) is 18.8. The molecule has 0 unspecified atom stereocenters.